The van der Waals surface area contributed by atoms with Gasteiger partial charge in [-0.2, -0.15) is 0 Å². The van der Waals surface area contributed by atoms with Crippen LogP contribution < -0.4 is 15.5 Å². The molecule has 5 nitrogen and oxygen atoms in total. The maximum absolute atomic E-state index is 13.5. The molecule has 3 rings (SSSR count). The molecule has 0 saturated carbocycles. The van der Waals surface area contributed by atoms with Crippen molar-refractivity contribution in [2.24, 2.45) is 4.99 Å². The highest BCUT2D eigenvalue weighted by atomic mass is 127. The Balaban J connectivity index is 0.00000341. The highest BCUT2D eigenvalue weighted by Crippen LogP contribution is 2.20. The summed E-state index contributed by atoms with van der Waals surface area (Å²) >= 11 is 0. The maximum atomic E-state index is 13.5. The number of guanidine groups is 1. The fraction of sp³-hybridized carbons (Fsp3) is 0.435. The first-order chi connectivity index (χ1) is 14.6. The number of nitrogens with one attached hydrogen (secondary N) is 2. The largest absolute Gasteiger partial charge is 0.371 e. The van der Waals surface area contributed by atoms with E-state index >= 15 is 0 Å². The van der Waals surface area contributed by atoms with Crippen molar-refractivity contribution < 1.29 is 8.60 Å². The van der Waals surface area contributed by atoms with Crippen molar-refractivity contribution in [3.8, 4) is 0 Å². The first-order valence-corrected chi connectivity index (χ1v) is 12.1. The van der Waals surface area contributed by atoms with Gasteiger partial charge in [0.05, 0.1) is 6.54 Å². The van der Waals surface area contributed by atoms with Crippen LogP contribution in [0.25, 0.3) is 0 Å². The summed E-state index contributed by atoms with van der Waals surface area (Å²) in [5.74, 6) is 1.69. The fourth-order valence-electron chi connectivity index (χ4n) is 3.56. The third kappa shape index (κ3) is 8.76. The third-order valence-corrected chi connectivity index (χ3v) is 6.41. The summed E-state index contributed by atoms with van der Waals surface area (Å²) in [5, 5.41) is 6.78. The molecule has 8 heteroatoms. The number of piperidine rings is 1. The molecule has 0 aliphatic carbocycles. The van der Waals surface area contributed by atoms with Crippen molar-refractivity contribution in [1.29, 1.82) is 0 Å². The van der Waals surface area contributed by atoms with E-state index in [2.05, 4.69) is 20.5 Å². The van der Waals surface area contributed by atoms with E-state index in [-0.39, 0.29) is 29.8 Å². The minimum absolute atomic E-state index is 0. The van der Waals surface area contributed by atoms with E-state index in [1.807, 2.05) is 43.3 Å². The molecule has 0 radical (unpaired) electrons. The van der Waals surface area contributed by atoms with Gasteiger partial charge in [0, 0.05) is 53.7 Å². The van der Waals surface area contributed by atoms with Crippen molar-refractivity contribution in [2.45, 2.75) is 31.6 Å². The number of halogens is 2. The van der Waals surface area contributed by atoms with Crippen molar-refractivity contribution in [2.75, 3.05) is 36.8 Å². The summed E-state index contributed by atoms with van der Waals surface area (Å²) in [5.41, 5.74) is 2.03. The van der Waals surface area contributed by atoms with E-state index < -0.39 is 10.8 Å². The number of hydrogen-bond donors (Lipinski definition) is 2. The van der Waals surface area contributed by atoms with Gasteiger partial charge in [-0.1, -0.05) is 36.4 Å². The molecule has 31 heavy (non-hydrogen) atoms. The van der Waals surface area contributed by atoms with Crippen LogP contribution in [0.5, 0.6) is 0 Å². The molecule has 2 N–H and O–H groups in total. The zero-order chi connectivity index (χ0) is 21.2. The van der Waals surface area contributed by atoms with Crippen LogP contribution in [0.1, 0.15) is 25.3 Å². The fourth-order valence-corrected chi connectivity index (χ4v) is 4.56. The van der Waals surface area contributed by atoms with E-state index in [0.29, 0.717) is 24.1 Å². The number of anilines is 1. The van der Waals surface area contributed by atoms with Crippen LogP contribution in [-0.4, -0.2) is 48.1 Å². The molecule has 1 heterocycles. The molecule has 0 spiro atoms. The van der Waals surface area contributed by atoms with Gasteiger partial charge in [0.1, 0.15) is 5.82 Å². The molecule has 0 aromatic heterocycles. The van der Waals surface area contributed by atoms with Crippen molar-refractivity contribution in [1.82, 2.24) is 10.6 Å². The zero-order valence-corrected chi connectivity index (χ0v) is 21.1. The molecule has 1 unspecified atom stereocenters. The Hall–Kier alpha value is -1.68. The Morgan fingerprint density at radius 1 is 1.16 bits per heavy atom. The lowest BCUT2D eigenvalue weighted by Gasteiger charge is -2.34. The first-order valence-electron chi connectivity index (χ1n) is 10.6. The highest BCUT2D eigenvalue weighted by molar-refractivity contribution is 14.0. The van der Waals surface area contributed by atoms with Crippen LogP contribution in [0, 0.1) is 5.82 Å². The Morgan fingerprint density at radius 3 is 2.58 bits per heavy atom. The Morgan fingerprint density at radius 2 is 1.90 bits per heavy atom. The smallest absolute Gasteiger partial charge is 0.191 e. The van der Waals surface area contributed by atoms with Crippen LogP contribution in [0.2, 0.25) is 0 Å². The second-order valence-corrected chi connectivity index (χ2v) is 9.00. The van der Waals surface area contributed by atoms with Crippen LogP contribution >= 0.6 is 24.0 Å². The van der Waals surface area contributed by atoms with Gasteiger partial charge in [-0.3, -0.25) is 9.20 Å². The van der Waals surface area contributed by atoms with Gasteiger partial charge < -0.3 is 15.5 Å². The Labute approximate surface area is 204 Å². The van der Waals surface area contributed by atoms with Gasteiger partial charge in [-0.15, -0.1) is 24.0 Å². The van der Waals surface area contributed by atoms with Crippen LogP contribution in [0.15, 0.2) is 59.6 Å². The molecule has 1 aliphatic heterocycles. The lowest BCUT2D eigenvalue weighted by atomic mass is 10.0. The van der Waals surface area contributed by atoms with Crippen molar-refractivity contribution >= 4 is 46.4 Å². The summed E-state index contributed by atoms with van der Waals surface area (Å²) < 4.78 is 25.8. The number of rotatable bonds is 8. The second-order valence-electron chi connectivity index (χ2n) is 7.42. The summed E-state index contributed by atoms with van der Waals surface area (Å²) in [4.78, 5) is 6.84. The molecule has 0 bridgehead atoms. The number of benzene rings is 2. The average molecular weight is 559 g/mol. The van der Waals surface area contributed by atoms with Gasteiger partial charge in [0.15, 0.2) is 5.96 Å². The highest BCUT2D eigenvalue weighted by Gasteiger charge is 2.20. The predicted octanol–water partition coefficient (Wildman–Crippen LogP) is 3.92. The normalized spacial score (nSPS) is 15.8. The molecule has 1 fully saturated rings. The SMILES string of the molecule is CCNC(=NCCS(=O)Cc1ccccc1)NC1CCN(c2cccc(F)c2)CC1.I. The van der Waals surface area contributed by atoms with Gasteiger partial charge in [-0.25, -0.2) is 4.39 Å². The third-order valence-electron chi connectivity index (χ3n) is 5.11. The summed E-state index contributed by atoms with van der Waals surface area (Å²) in [7, 11) is -0.926. The van der Waals surface area contributed by atoms with E-state index in [1.54, 1.807) is 12.1 Å². The van der Waals surface area contributed by atoms with E-state index in [0.717, 1.165) is 49.7 Å². The minimum Gasteiger partial charge on any atom is -0.371 e. The summed E-state index contributed by atoms with van der Waals surface area (Å²) in [6.45, 7) is 5.10. The number of nitrogens with zero attached hydrogens (tertiary/aromatic N) is 2. The molecule has 1 aliphatic rings. The van der Waals surface area contributed by atoms with E-state index in [4.69, 9.17) is 0 Å². The lowest BCUT2D eigenvalue weighted by molar-refractivity contribution is 0.461. The Kier molecular flexibility index (Phi) is 11.3. The maximum Gasteiger partial charge on any atom is 0.191 e. The molecular weight excluding hydrogens is 526 g/mol. The second kappa shape index (κ2) is 13.7. The Bertz CT molecular complexity index is 844. The van der Waals surface area contributed by atoms with Crippen LogP contribution in [-0.2, 0) is 16.6 Å². The molecular formula is C23H32FIN4OS. The van der Waals surface area contributed by atoms with Crippen LogP contribution in [0.3, 0.4) is 0 Å². The minimum atomic E-state index is -0.926. The van der Waals surface area contributed by atoms with Crippen LogP contribution in [0.4, 0.5) is 10.1 Å². The number of hydrogen-bond acceptors (Lipinski definition) is 3. The average Bonchev–Trinajstić information content (AvgIpc) is 2.75. The summed E-state index contributed by atoms with van der Waals surface area (Å²) in [6.07, 6.45) is 1.92. The molecule has 0 amide bonds. The van der Waals surface area contributed by atoms with Crippen molar-refractivity contribution in [3.05, 3.63) is 66.0 Å². The predicted molar refractivity (Wildman–Crippen MR) is 139 cm³/mol. The van der Waals surface area contributed by atoms with Gasteiger partial charge in [0.2, 0.25) is 0 Å². The van der Waals surface area contributed by atoms with Crippen molar-refractivity contribution in [3.63, 3.8) is 0 Å². The molecule has 1 atom stereocenters. The topological polar surface area (TPSA) is 56.7 Å². The molecule has 170 valence electrons. The van der Waals surface area contributed by atoms with Gasteiger partial charge in [-0.05, 0) is 43.5 Å². The molecule has 2 aromatic carbocycles. The van der Waals surface area contributed by atoms with Gasteiger partial charge >= 0.3 is 0 Å². The number of aliphatic imine (C=N–C) groups is 1. The lowest BCUT2D eigenvalue weighted by Crippen LogP contribution is -2.48. The molecule has 2 aromatic rings. The standard InChI is InChI=1S/C23H31FN4OS.HI/c1-2-25-23(26-13-16-30(29)18-19-7-4-3-5-8-19)27-21-11-14-28(15-12-21)22-10-6-9-20(24)17-22;/h3-10,17,21H,2,11-16,18H2,1H3,(H2,25,26,27);1H. The van der Waals surface area contributed by atoms with E-state index in [9.17, 15) is 8.60 Å². The summed E-state index contributed by atoms with van der Waals surface area (Å²) in [6, 6.07) is 17.0. The zero-order valence-electron chi connectivity index (χ0n) is 17.9. The van der Waals surface area contributed by atoms with E-state index in [1.165, 1.54) is 6.07 Å². The quantitative estimate of drug-likeness (QED) is 0.293. The molecule has 1 saturated heterocycles. The first kappa shape index (κ1) is 25.6. The van der Waals surface area contributed by atoms with Gasteiger partial charge in [0.25, 0.3) is 0 Å². The monoisotopic (exact) mass is 558 g/mol.